The molecule has 3 nitrogen and oxygen atoms in total. The summed E-state index contributed by atoms with van der Waals surface area (Å²) in [5.74, 6) is 0.347. The molecule has 0 saturated carbocycles. The number of ether oxygens (including phenoxy) is 2. The lowest BCUT2D eigenvalue weighted by Crippen LogP contribution is -2.25. The number of rotatable bonds is 4. The van der Waals surface area contributed by atoms with Crippen molar-refractivity contribution in [3.63, 3.8) is 0 Å². The predicted molar refractivity (Wildman–Crippen MR) is 57.9 cm³/mol. The van der Waals surface area contributed by atoms with Gasteiger partial charge in [-0.25, -0.2) is 4.79 Å². The number of carbonyl (C=O) groups is 1. The van der Waals surface area contributed by atoms with E-state index in [4.69, 9.17) is 9.47 Å². The highest BCUT2D eigenvalue weighted by molar-refractivity contribution is 5.74. The van der Waals surface area contributed by atoms with E-state index >= 15 is 0 Å². The van der Waals surface area contributed by atoms with Crippen molar-refractivity contribution >= 4 is 5.97 Å². The Morgan fingerprint density at radius 3 is 2.47 bits per heavy atom. The van der Waals surface area contributed by atoms with Gasteiger partial charge in [0.25, 0.3) is 0 Å². The first-order chi connectivity index (χ1) is 7.13. The third kappa shape index (κ3) is 3.62. The summed E-state index contributed by atoms with van der Waals surface area (Å²) in [7, 11) is 0. The number of benzene rings is 1. The summed E-state index contributed by atoms with van der Waals surface area (Å²) in [6, 6.07) is 7.55. The molecule has 0 heterocycles. The zero-order valence-corrected chi connectivity index (χ0v) is 9.32. The van der Waals surface area contributed by atoms with Crippen LogP contribution in [0.1, 0.15) is 19.4 Å². The molecule has 0 bridgehead atoms. The summed E-state index contributed by atoms with van der Waals surface area (Å²) in [4.78, 5) is 11.3. The minimum atomic E-state index is -0.562. The van der Waals surface area contributed by atoms with Crippen molar-refractivity contribution in [3.05, 3.63) is 29.8 Å². The van der Waals surface area contributed by atoms with E-state index in [1.54, 1.807) is 13.8 Å². The SMILES string of the molecule is CCOC(=O)[C@@H](C)Oc1ccc(C)cc1. The molecule has 0 aromatic heterocycles. The average molecular weight is 208 g/mol. The Hall–Kier alpha value is -1.51. The van der Waals surface area contributed by atoms with Crippen molar-refractivity contribution in [2.24, 2.45) is 0 Å². The molecule has 0 radical (unpaired) electrons. The molecule has 1 atom stereocenters. The fourth-order valence-corrected chi connectivity index (χ4v) is 1.13. The molecule has 3 heteroatoms. The molecule has 0 aliphatic rings. The van der Waals surface area contributed by atoms with E-state index in [0.717, 1.165) is 5.56 Å². The maximum atomic E-state index is 11.3. The number of esters is 1. The van der Waals surface area contributed by atoms with Gasteiger partial charge in [-0.15, -0.1) is 0 Å². The van der Waals surface area contributed by atoms with Gasteiger partial charge < -0.3 is 9.47 Å². The van der Waals surface area contributed by atoms with Crippen molar-refractivity contribution in [1.29, 1.82) is 0 Å². The minimum Gasteiger partial charge on any atom is -0.479 e. The van der Waals surface area contributed by atoms with Crippen LogP contribution in [0.2, 0.25) is 0 Å². The van der Waals surface area contributed by atoms with E-state index in [9.17, 15) is 4.79 Å². The van der Waals surface area contributed by atoms with E-state index in [2.05, 4.69) is 0 Å². The Kier molecular flexibility index (Phi) is 4.16. The summed E-state index contributed by atoms with van der Waals surface area (Å²) in [5.41, 5.74) is 1.16. The molecule has 0 aliphatic heterocycles. The van der Waals surface area contributed by atoms with Gasteiger partial charge in [0.2, 0.25) is 0 Å². The highest BCUT2D eigenvalue weighted by Gasteiger charge is 2.15. The second kappa shape index (κ2) is 5.39. The Bertz CT molecular complexity index is 316. The molecule has 0 unspecified atom stereocenters. The van der Waals surface area contributed by atoms with Crippen molar-refractivity contribution in [2.45, 2.75) is 26.9 Å². The van der Waals surface area contributed by atoms with E-state index in [1.807, 2.05) is 31.2 Å². The minimum absolute atomic E-state index is 0.335. The monoisotopic (exact) mass is 208 g/mol. The second-order valence-electron chi connectivity index (χ2n) is 3.33. The van der Waals surface area contributed by atoms with Crippen LogP contribution in [-0.4, -0.2) is 18.7 Å². The lowest BCUT2D eigenvalue weighted by atomic mass is 10.2. The van der Waals surface area contributed by atoms with Gasteiger partial charge in [0.1, 0.15) is 5.75 Å². The standard InChI is InChI=1S/C12H16O3/c1-4-14-12(13)10(3)15-11-7-5-9(2)6-8-11/h5-8,10H,4H2,1-3H3/t10-/m1/s1. The molecular formula is C12H16O3. The highest BCUT2D eigenvalue weighted by Crippen LogP contribution is 2.13. The second-order valence-corrected chi connectivity index (χ2v) is 3.33. The predicted octanol–water partition coefficient (Wildman–Crippen LogP) is 2.33. The summed E-state index contributed by atoms with van der Waals surface area (Å²) in [6.07, 6.45) is -0.562. The van der Waals surface area contributed by atoms with Crippen LogP contribution in [0.3, 0.4) is 0 Å². The third-order valence-electron chi connectivity index (χ3n) is 1.95. The largest absolute Gasteiger partial charge is 0.479 e. The molecule has 15 heavy (non-hydrogen) atoms. The maximum absolute atomic E-state index is 11.3. The van der Waals surface area contributed by atoms with Crippen LogP contribution >= 0.6 is 0 Å². The van der Waals surface area contributed by atoms with E-state index in [1.165, 1.54) is 0 Å². The lowest BCUT2D eigenvalue weighted by Gasteiger charge is -2.13. The topological polar surface area (TPSA) is 35.5 Å². The van der Waals surface area contributed by atoms with Gasteiger partial charge in [0.15, 0.2) is 6.10 Å². The Balaban J connectivity index is 2.54. The van der Waals surface area contributed by atoms with Gasteiger partial charge >= 0.3 is 5.97 Å². The van der Waals surface area contributed by atoms with Gasteiger partial charge in [-0.1, -0.05) is 17.7 Å². The van der Waals surface area contributed by atoms with Gasteiger partial charge in [-0.3, -0.25) is 0 Å². The molecule has 1 rings (SSSR count). The number of carbonyl (C=O) groups excluding carboxylic acids is 1. The summed E-state index contributed by atoms with van der Waals surface area (Å²) in [5, 5.41) is 0. The molecule has 82 valence electrons. The fraction of sp³-hybridized carbons (Fsp3) is 0.417. The van der Waals surface area contributed by atoms with Gasteiger partial charge in [-0.2, -0.15) is 0 Å². The first-order valence-electron chi connectivity index (χ1n) is 5.03. The zero-order valence-electron chi connectivity index (χ0n) is 9.32. The first kappa shape index (κ1) is 11.6. The summed E-state index contributed by atoms with van der Waals surface area (Å²) < 4.78 is 10.2. The normalized spacial score (nSPS) is 11.9. The zero-order chi connectivity index (χ0) is 11.3. The van der Waals surface area contributed by atoms with E-state index in [0.29, 0.717) is 12.4 Å². The molecule has 0 aliphatic carbocycles. The Morgan fingerprint density at radius 2 is 1.93 bits per heavy atom. The quantitative estimate of drug-likeness (QED) is 0.712. The Morgan fingerprint density at radius 1 is 1.33 bits per heavy atom. The van der Waals surface area contributed by atoms with Gasteiger partial charge in [-0.05, 0) is 32.9 Å². The smallest absolute Gasteiger partial charge is 0.347 e. The van der Waals surface area contributed by atoms with Crippen LogP contribution in [0.25, 0.3) is 0 Å². The highest BCUT2D eigenvalue weighted by atomic mass is 16.6. The maximum Gasteiger partial charge on any atom is 0.347 e. The average Bonchev–Trinajstić information content (AvgIpc) is 2.22. The van der Waals surface area contributed by atoms with Crippen LogP contribution in [0.15, 0.2) is 24.3 Å². The molecule has 1 aromatic rings. The molecule has 0 spiro atoms. The van der Waals surface area contributed by atoms with Crippen molar-refractivity contribution in [1.82, 2.24) is 0 Å². The fourth-order valence-electron chi connectivity index (χ4n) is 1.13. The van der Waals surface area contributed by atoms with Crippen molar-refractivity contribution in [2.75, 3.05) is 6.61 Å². The number of aryl methyl sites for hydroxylation is 1. The Labute approximate surface area is 90.0 Å². The first-order valence-corrected chi connectivity index (χ1v) is 5.03. The van der Waals surface area contributed by atoms with Crippen molar-refractivity contribution in [3.8, 4) is 5.75 Å². The molecule has 1 aromatic carbocycles. The van der Waals surface area contributed by atoms with Crippen LogP contribution in [0.5, 0.6) is 5.75 Å². The number of hydrogen-bond acceptors (Lipinski definition) is 3. The molecule has 0 fully saturated rings. The number of hydrogen-bond donors (Lipinski definition) is 0. The molecule has 0 N–H and O–H groups in total. The van der Waals surface area contributed by atoms with E-state index in [-0.39, 0.29) is 5.97 Å². The van der Waals surface area contributed by atoms with Crippen LogP contribution in [-0.2, 0) is 9.53 Å². The van der Waals surface area contributed by atoms with Crippen LogP contribution in [0.4, 0.5) is 0 Å². The summed E-state index contributed by atoms with van der Waals surface area (Å²) in [6.45, 7) is 5.83. The lowest BCUT2D eigenvalue weighted by molar-refractivity contribution is -0.150. The molecule has 0 amide bonds. The molecule has 0 saturated heterocycles. The van der Waals surface area contributed by atoms with Crippen molar-refractivity contribution < 1.29 is 14.3 Å². The summed E-state index contributed by atoms with van der Waals surface area (Å²) >= 11 is 0. The molecular weight excluding hydrogens is 192 g/mol. The van der Waals surface area contributed by atoms with Crippen LogP contribution < -0.4 is 4.74 Å². The van der Waals surface area contributed by atoms with E-state index < -0.39 is 6.10 Å². The van der Waals surface area contributed by atoms with Crippen LogP contribution in [0, 0.1) is 6.92 Å². The van der Waals surface area contributed by atoms with Gasteiger partial charge in [0, 0.05) is 0 Å². The third-order valence-corrected chi connectivity index (χ3v) is 1.95. The van der Waals surface area contributed by atoms with Gasteiger partial charge in [0.05, 0.1) is 6.61 Å².